The number of rotatable bonds is 8. The second-order valence-corrected chi connectivity index (χ2v) is 3.65. The molecule has 1 rings (SSSR count). The smallest absolute Gasteiger partial charge is 0.0794 e. The quantitative estimate of drug-likeness (QED) is 0.665. The molecule has 1 N–H and O–H groups in total. The van der Waals surface area contributed by atoms with Gasteiger partial charge in [0.2, 0.25) is 0 Å². The summed E-state index contributed by atoms with van der Waals surface area (Å²) in [5.74, 6) is 0. The summed E-state index contributed by atoms with van der Waals surface area (Å²) in [4.78, 5) is 0. The fourth-order valence-electron chi connectivity index (χ4n) is 1.50. The van der Waals surface area contributed by atoms with Gasteiger partial charge in [-0.2, -0.15) is 5.10 Å². The zero-order valence-corrected chi connectivity index (χ0v) is 10.3. The molecule has 5 nitrogen and oxygen atoms in total. The Kier molecular flexibility index (Phi) is 6.07. The maximum Gasteiger partial charge on any atom is 0.0794 e. The molecule has 5 heteroatoms. The van der Waals surface area contributed by atoms with E-state index in [0.29, 0.717) is 19.8 Å². The fraction of sp³-hybridized carbons (Fsp3) is 0.727. The Morgan fingerprint density at radius 3 is 2.81 bits per heavy atom. The normalized spacial score (nSPS) is 12.9. The molecule has 0 bridgehead atoms. The van der Waals surface area contributed by atoms with Crippen molar-refractivity contribution in [3.63, 3.8) is 0 Å². The van der Waals surface area contributed by atoms with Crippen molar-refractivity contribution in [3.05, 3.63) is 18.0 Å². The molecule has 0 aliphatic heterocycles. The molecule has 92 valence electrons. The number of hydrogen-bond acceptors (Lipinski definition) is 4. The van der Waals surface area contributed by atoms with Crippen LogP contribution in [0, 0.1) is 0 Å². The Morgan fingerprint density at radius 2 is 2.25 bits per heavy atom. The van der Waals surface area contributed by atoms with Gasteiger partial charge in [-0.05, 0) is 19.5 Å². The minimum absolute atomic E-state index is 0.253. The molecule has 1 unspecified atom stereocenters. The van der Waals surface area contributed by atoms with E-state index >= 15 is 0 Å². The first kappa shape index (κ1) is 13.2. The zero-order valence-electron chi connectivity index (χ0n) is 10.3. The zero-order chi connectivity index (χ0) is 11.8. The summed E-state index contributed by atoms with van der Waals surface area (Å²) in [6.07, 6.45) is 2.86. The van der Waals surface area contributed by atoms with Crippen molar-refractivity contribution < 1.29 is 9.47 Å². The maximum atomic E-state index is 5.44. The number of methoxy groups -OCH3 is 1. The van der Waals surface area contributed by atoms with Crippen LogP contribution in [0.15, 0.2) is 12.3 Å². The van der Waals surface area contributed by atoms with Crippen LogP contribution in [0.25, 0.3) is 0 Å². The summed E-state index contributed by atoms with van der Waals surface area (Å²) in [5.41, 5.74) is 1.06. The van der Waals surface area contributed by atoms with Crippen LogP contribution in [0.3, 0.4) is 0 Å². The van der Waals surface area contributed by atoms with Gasteiger partial charge >= 0.3 is 0 Å². The molecule has 0 aliphatic carbocycles. The lowest BCUT2D eigenvalue weighted by Gasteiger charge is -2.13. The van der Waals surface area contributed by atoms with Crippen molar-refractivity contribution in [3.8, 4) is 0 Å². The molecule has 1 atom stereocenters. The van der Waals surface area contributed by atoms with Crippen LogP contribution in [0.4, 0.5) is 0 Å². The van der Waals surface area contributed by atoms with Crippen molar-refractivity contribution in [2.45, 2.75) is 12.5 Å². The van der Waals surface area contributed by atoms with E-state index in [1.54, 1.807) is 7.11 Å². The summed E-state index contributed by atoms with van der Waals surface area (Å²) in [7, 11) is 5.54. The lowest BCUT2D eigenvalue weighted by molar-refractivity contribution is 0.0659. The van der Waals surface area contributed by atoms with Crippen molar-refractivity contribution in [1.29, 1.82) is 0 Å². The number of ether oxygens (including phenoxy) is 2. The minimum atomic E-state index is 0.253. The molecule has 0 aliphatic rings. The first-order chi connectivity index (χ1) is 7.77. The molecule has 0 radical (unpaired) electrons. The Hall–Kier alpha value is -0.910. The van der Waals surface area contributed by atoms with Crippen molar-refractivity contribution in [1.82, 2.24) is 15.1 Å². The Morgan fingerprint density at radius 1 is 1.44 bits per heavy atom. The molecule has 0 fully saturated rings. The van der Waals surface area contributed by atoms with Crippen LogP contribution in [0.1, 0.15) is 18.2 Å². The standard InChI is InChI=1S/C11H21N3O2/c1-12-10(5-7-16-9-8-15-3)11-4-6-14(2)13-11/h4,6,10,12H,5,7-9H2,1-3H3. The summed E-state index contributed by atoms with van der Waals surface area (Å²) in [5, 5.41) is 7.61. The molecular formula is C11H21N3O2. The second kappa shape index (κ2) is 7.38. The Balaban J connectivity index is 2.27. The molecule has 0 saturated heterocycles. The fourth-order valence-corrected chi connectivity index (χ4v) is 1.50. The van der Waals surface area contributed by atoms with E-state index in [0.717, 1.165) is 12.1 Å². The van der Waals surface area contributed by atoms with E-state index in [-0.39, 0.29) is 6.04 Å². The van der Waals surface area contributed by atoms with E-state index < -0.39 is 0 Å². The molecule has 1 heterocycles. The third kappa shape index (κ3) is 4.30. The van der Waals surface area contributed by atoms with Gasteiger partial charge in [-0.15, -0.1) is 0 Å². The van der Waals surface area contributed by atoms with Gasteiger partial charge in [-0.3, -0.25) is 4.68 Å². The first-order valence-electron chi connectivity index (χ1n) is 5.51. The molecule has 0 amide bonds. The molecular weight excluding hydrogens is 206 g/mol. The molecule has 1 aromatic rings. The van der Waals surface area contributed by atoms with E-state index in [9.17, 15) is 0 Å². The lowest BCUT2D eigenvalue weighted by Crippen LogP contribution is -2.19. The van der Waals surface area contributed by atoms with Crippen LogP contribution in [0.5, 0.6) is 0 Å². The summed E-state index contributed by atoms with van der Waals surface area (Å²) < 4.78 is 12.2. The van der Waals surface area contributed by atoms with E-state index in [1.807, 2.05) is 31.0 Å². The third-order valence-electron chi connectivity index (χ3n) is 2.42. The monoisotopic (exact) mass is 227 g/mol. The van der Waals surface area contributed by atoms with Gasteiger partial charge in [0.05, 0.1) is 24.9 Å². The van der Waals surface area contributed by atoms with E-state index in [4.69, 9.17) is 9.47 Å². The van der Waals surface area contributed by atoms with E-state index in [2.05, 4.69) is 10.4 Å². The highest BCUT2D eigenvalue weighted by atomic mass is 16.5. The van der Waals surface area contributed by atoms with Crippen molar-refractivity contribution >= 4 is 0 Å². The summed E-state index contributed by atoms with van der Waals surface area (Å²) in [6.45, 7) is 2.01. The van der Waals surface area contributed by atoms with Gasteiger partial charge in [0.1, 0.15) is 0 Å². The second-order valence-electron chi connectivity index (χ2n) is 3.65. The average Bonchev–Trinajstić information content (AvgIpc) is 2.70. The SMILES string of the molecule is CNC(CCOCCOC)c1ccn(C)n1. The van der Waals surface area contributed by atoms with Gasteiger partial charge in [0.25, 0.3) is 0 Å². The minimum Gasteiger partial charge on any atom is -0.382 e. The molecule has 1 aromatic heterocycles. The van der Waals surface area contributed by atoms with Gasteiger partial charge < -0.3 is 14.8 Å². The number of hydrogen-bond donors (Lipinski definition) is 1. The summed E-state index contributed by atoms with van der Waals surface area (Å²) >= 11 is 0. The van der Waals surface area contributed by atoms with Gasteiger partial charge in [-0.25, -0.2) is 0 Å². The third-order valence-corrected chi connectivity index (χ3v) is 2.42. The number of nitrogens with one attached hydrogen (secondary N) is 1. The highest BCUT2D eigenvalue weighted by Gasteiger charge is 2.11. The highest BCUT2D eigenvalue weighted by molar-refractivity contribution is 5.04. The van der Waals surface area contributed by atoms with Gasteiger partial charge in [0, 0.05) is 27.0 Å². The highest BCUT2D eigenvalue weighted by Crippen LogP contribution is 2.13. The molecule has 0 spiro atoms. The average molecular weight is 227 g/mol. The number of nitrogens with zero attached hydrogens (tertiary/aromatic N) is 2. The topological polar surface area (TPSA) is 48.3 Å². The molecule has 0 aromatic carbocycles. The largest absolute Gasteiger partial charge is 0.382 e. The van der Waals surface area contributed by atoms with Crippen LogP contribution in [0.2, 0.25) is 0 Å². The number of aromatic nitrogens is 2. The number of aryl methyl sites for hydroxylation is 1. The molecule has 0 saturated carbocycles. The summed E-state index contributed by atoms with van der Waals surface area (Å²) in [6, 6.07) is 2.28. The van der Waals surface area contributed by atoms with Crippen LogP contribution in [-0.4, -0.2) is 43.8 Å². The van der Waals surface area contributed by atoms with Crippen molar-refractivity contribution in [2.75, 3.05) is 34.0 Å². The van der Waals surface area contributed by atoms with Crippen LogP contribution in [-0.2, 0) is 16.5 Å². The maximum absolute atomic E-state index is 5.44. The Bertz CT molecular complexity index is 289. The predicted octanol–water partition coefficient (Wildman–Crippen LogP) is 0.734. The molecule has 16 heavy (non-hydrogen) atoms. The van der Waals surface area contributed by atoms with Crippen molar-refractivity contribution in [2.24, 2.45) is 7.05 Å². The Labute approximate surface area is 96.7 Å². The lowest BCUT2D eigenvalue weighted by atomic mass is 10.1. The van der Waals surface area contributed by atoms with E-state index in [1.165, 1.54) is 0 Å². The van der Waals surface area contributed by atoms with Gasteiger partial charge in [0.15, 0.2) is 0 Å². The predicted molar refractivity (Wildman–Crippen MR) is 62.3 cm³/mol. The van der Waals surface area contributed by atoms with Crippen LogP contribution >= 0.6 is 0 Å². The van der Waals surface area contributed by atoms with Gasteiger partial charge in [-0.1, -0.05) is 0 Å². The first-order valence-corrected chi connectivity index (χ1v) is 5.51. The van der Waals surface area contributed by atoms with Crippen LogP contribution < -0.4 is 5.32 Å².